The average molecular weight is 247 g/mol. The van der Waals surface area contributed by atoms with Crippen LogP contribution in [0.25, 0.3) is 0 Å². The van der Waals surface area contributed by atoms with E-state index < -0.39 is 0 Å². The number of benzene rings is 1. The smallest absolute Gasteiger partial charge is 0.321 e. The van der Waals surface area contributed by atoms with Crippen LogP contribution in [0.5, 0.6) is 11.8 Å². The van der Waals surface area contributed by atoms with Gasteiger partial charge >= 0.3 is 6.01 Å². The van der Waals surface area contributed by atoms with Crippen molar-refractivity contribution in [2.75, 3.05) is 7.05 Å². The molecule has 0 bridgehead atoms. The highest BCUT2D eigenvalue weighted by Crippen LogP contribution is 2.20. The molecule has 2 rings (SSSR count). The molecular weight excluding hydrogens is 233 g/mol. The molecule has 1 N–H and O–H groups in total. The normalized spacial score (nSPS) is 10.4. The number of aryl methyl sites for hydroxylation is 1. The quantitative estimate of drug-likeness (QED) is 0.901. The molecule has 0 aliphatic rings. The summed E-state index contributed by atoms with van der Waals surface area (Å²) in [6.07, 6.45) is 3.34. The van der Waals surface area contributed by atoms with Crippen molar-refractivity contribution in [1.82, 2.24) is 15.3 Å². The van der Waals surface area contributed by atoms with Gasteiger partial charge in [0.15, 0.2) is 0 Å². The molecule has 0 fully saturated rings. The second kappa shape index (κ2) is 5.55. The number of nitrogens with one attached hydrogen (secondary N) is 1. The minimum absolute atomic E-state index is 0.207. The van der Waals surface area contributed by atoms with Gasteiger partial charge in [-0.05, 0) is 25.6 Å². The Labute approximate surface area is 105 Å². The summed E-state index contributed by atoms with van der Waals surface area (Å²) in [6, 6.07) is 4.86. The van der Waals surface area contributed by atoms with Crippen LogP contribution in [0.2, 0.25) is 0 Å². The van der Waals surface area contributed by atoms with Gasteiger partial charge in [-0.3, -0.25) is 0 Å². The average Bonchev–Trinajstić information content (AvgIpc) is 2.37. The predicted molar refractivity (Wildman–Crippen MR) is 66.0 cm³/mol. The lowest BCUT2D eigenvalue weighted by molar-refractivity contribution is 0.436. The lowest BCUT2D eigenvalue weighted by Gasteiger charge is -2.05. The maximum atomic E-state index is 13.3. The van der Waals surface area contributed by atoms with Crippen molar-refractivity contribution < 1.29 is 9.13 Å². The highest BCUT2D eigenvalue weighted by atomic mass is 19.1. The van der Waals surface area contributed by atoms with Crippen LogP contribution < -0.4 is 10.1 Å². The molecule has 0 amide bonds. The molecule has 1 aromatic heterocycles. The lowest BCUT2D eigenvalue weighted by atomic mass is 10.2. The molecule has 0 spiro atoms. The first kappa shape index (κ1) is 12.4. The van der Waals surface area contributed by atoms with Gasteiger partial charge in [0.2, 0.25) is 0 Å². The fourth-order valence-electron chi connectivity index (χ4n) is 1.43. The van der Waals surface area contributed by atoms with Crippen LogP contribution in [0.3, 0.4) is 0 Å². The van der Waals surface area contributed by atoms with Crippen LogP contribution in [-0.4, -0.2) is 17.0 Å². The van der Waals surface area contributed by atoms with Gasteiger partial charge in [0, 0.05) is 30.6 Å². The fourth-order valence-corrected chi connectivity index (χ4v) is 1.43. The van der Waals surface area contributed by atoms with Gasteiger partial charge < -0.3 is 10.1 Å². The van der Waals surface area contributed by atoms with Gasteiger partial charge in [0.25, 0.3) is 0 Å². The zero-order chi connectivity index (χ0) is 13.0. The molecule has 94 valence electrons. The van der Waals surface area contributed by atoms with E-state index in [4.69, 9.17) is 4.74 Å². The van der Waals surface area contributed by atoms with Crippen molar-refractivity contribution in [3.8, 4) is 11.8 Å². The maximum Gasteiger partial charge on any atom is 0.321 e. The van der Waals surface area contributed by atoms with Crippen molar-refractivity contribution in [1.29, 1.82) is 0 Å². The third kappa shape index (κ3) is 3.01. The molecule has 5 heteroatoms. The standard InChI is InChI=1S/C13H14FN3O/c1-9-3-4-11(5-12(9)14)18-13-16-7-10(6-15-2)8-17-13/h3-5,7-8,15H,6H2,1-2H3. The lowest BCUT2D eigenvalue weighted by Crippen LogP contribution is -2.06. The minimum atomic E-state index is -0.306. The summed E-state index contributed by atoms with van der Waals surface area (Å²) < 4.78 is 18.7. The number of hydrogen-bond acceptors (Lipinski definition) is 4. The van der Waals surface area contributed by atoms with Crippen LogP contribution in [-0.2, 0) is 6.54 Å². The highest BCUT2D eigenvalue weighted by molar-refractivity contribution is 5.29. The van der Waals surface area contributed by atoms with E-state index in [2.05, 4.69) is 15.3 Å². The van der Waals surface area contributed by atoms with E-state index >= 15 is 0 Å². The van der Waals surface area contributed by atoms with E-state index in [9.17, 15) is 4.39 Å². The molecule has 0 aliphatic heterocycles. The molecule has 1 aromatic carbocycles. The number of aromatic nitrogens is 2. The number of hydrogen-bond donors (Lipinski definition) is 1. The second-order valence-corrected chi connectivity index (χ2v) is 3.92. The first-order chi connectivity index (χ1) is 8.69. The Morgan fingerprint density at radius 1 is 1.28 bits per heavy atom. The van der Waals surface area contributed by atoms with Gasteiger partial charge in [0.1, 0.15) is 11.6 Å². The summed E-state index contributed by atoms with van der Waals surface area (Å²) in [5.41, 5.74) is 1.53. The van der Waals surface area contributed by atoms with Crippen molar-refractivity contribution in [3.63, 3.8) is 0 Å². The van der Waals surface area contributed by atoms with Gasteiger partial charge in [-0.25, -0.2) is 14.4 Å². The number of nitrogens with zero attached hydrogens (tertiary/aromatic N) is 2. The molecule has 4 nitrogen and oxygen atoms in total. The van der Waals surface area contributed by atoms with Crippen LogP contribution in [0.4, 0.5) is 4.39 Å². The van der Waals surface area contributed by atoms with E-state index in [-0.39, 0.29) is 11.8 Å². The Morgan fingerprint density at radius 2 is 2.00 bits per heavy atom. The van der Waals surface area contributed by atoms with Crippen molar-refractivity contribution in [2.45, 2.75) is 13.5 Å². The maximum absolute atomic E-state index is 13.3. The zero-order valence-electron chi connectivity index (χ0n) is 10.3. The summed E-state index contributed by atoms with van der Waals surface area (Å²) in [5, 5.41) is 3.00. The molecule has 0 radical (unpaired) electrons. The van der Waals surface area contributed by atoms with E-state index in [0.717, 1.165) is 5.56 Å². The summed E-state index contributed by atoms with van der Waals surface area (Å²) >= 11 is 0. The molecule has 0 aliphatic carbocycles. The Bertz CT molecular complexity index is 528. The first-order valence-electron chi connectivity index (χ1n) is 5.58. The zero-order valence-corrected chi connectivity index (χ0v) is 10.3. The summed E-state index contributed by atoms with van der Waals surface area (Å²) in [6.45, 7) is 2.39. The Kier molecular flexibility index (Phi) is 3.84. The molecule has 0 saturated heterocycles. The Morgan fingerprint density at radius 3 is 2.61 bits per heavy atom. The number of ether oxygens (including phenoxy) is 1. The third-order valence-electron chi connectivity index (χ3n) is 2.41. The van der Waals surface area contributed by atoms with Crippen LogP contribution >= 0.6 is 0 Å². The second-order valence-electron chi connectivity index (χ2n) is 3.92. The summed E-state index contributed by atoms with van der Waals surface area (Å²) in [4.78, 5) is 8.10. The molecule has 18 heavy (non-hydrogen) atoms. The summed E-state index contributed by atoms with van der Waals surface area (Å²) in [5.74, 6) is 0.0822. The monoisotopic (exact) mass is 247 g/mol. The first-order valence-corrected chi connectivity index (χ1v) is 5.58. The largest absolute Gasteiger partial charge is 0.424 e. The molecule has 0 unspecified atom stereocenters. The topological polar surface area (TPSA) is 47.0 Å². The van der Waals surface area contributed by atoms with Gasteiger partial charge in [-0.2, -0.15) is 0 Å². The van der Waals surface area contributed by atoms with Gasteiger partial charge in [-0.1, -0.05) is 6.07 Å². The molecule has 0 atom stereocenters. The fraction of sp³-hybridized carbons (Fsp3) is 0.231. The molecule has 1 heterocycles. The minimum Gasteiger partial charge on any atom is -0.424 e. The summed E-state index contributed by atoms with van der Waals surface area (Å²) in [7, 11) is 1.85. The molecule has 2 aromatic rings. The molecule has 0 saturated carbocycles. The number of rotatable bonds is 4. The van der Waals surface area contributed by atoms with E-state index in [1.54, 1.807) is 31.5 Å². The van der Waals surface area contributed by atoms with E-state index in [1.807, 2.05) is 7.05 Å². The van der Waals surface area contributed by atoms with Crippen molar-refractivity contribution >= 4 is 0 Å². The SMILES string of the molecule is CNCc1cnc(Oc2ccc(C)c(F)c2)nc1. The molecular formula is C13H14FN3O. The predicted octanol–water partition coefficient (Wildman–Crippen LogP) is 2.44. The van der Waals surface area contributed by atoms with Crippen LogP contribution in [0.15, 0.2) is 30.6 Å². The van der Waals surface area contributed by atoms with Crippen molar-refractivity contribution in [2.24, 2.45) is 0 Å². The van der Waals surface area contributed by atoms with Crippen molar-refractivity contribution in [3.05, 3.63) is 47.5 Å². The Balaban J connectivity index is 2.10. The van der Waals surface area contributed by atoms with E-state index in [0.29, 0.717) is 17.9 Å². The van der Waals surface area contributed by atoms with Crippen LogP contribution in [0, 0.1) is 12.7 Å². The van der Waals surface area contributed by atoms with Crippen LogP contribution in [0.1, 0.15) is 11.1 Å². The highest BCUT2D eigenvalue weighted by Gasteiger charge is 2.03. The van der Waals surface area contributed by atoms with Gasteiger partial charge in [0.05, 0.1) is 0 Å². The van der Waals surface area contributed by atoms with E-state index in [1.165, 1.54) is 6.07 Å². The van der Waals surface area contributed by atoms with Gasteiger partial charge in [-0.15, -0.1) is 0 Å². The third-order valence-corrected chi connectivity index (χ3v) is 2.41. The number of halogens is 1. The Hall–Kier alpha value is -2.01.